The summed E-state index contributed by atoms with van der Waals surface area (Å²) in [6, 6.07) is 7.87. The van der Waals surface area contributed by atoms with Crippen LogP contribution < -0.4 is 0 Å². The van der Waals surface area contributed by atoms with E-state index in [9.17, 15) is 5.11 Å². The molecule has 0 spiro atoms. The summed E-state index contributed by atoms with van der Waals surface area (Å²) in [4.78, 5) is 4.29. The summed E-state index contributed by atoms with van der Waals surface area (Å²) < 4.78 is 0. The Kier molecular flexibility index (Phi) is 2.86. The van der Waals surface area contributed by atoms with Crippen molar-refractivity contribution in [1.29, 1.82) is 0 Å². The summed E-state index contributed by atoms with van der Waals surface area (Å²) in [6.07, 6.45) is 4.84. The van der Waals surface area contributed by atoms with Crippen molar-refractivity contribution in [3.63, 3.8) is 0 Å². The highest BCUT2D eigenvalue weighted by Crippen LogP contribution is 2.26. The lowest BCUT2D eigenvalue weighted by Gasteiger charge is -2.06. The predicted molar refractivity (Wildman–Crippen MR) is 62.0 cm³/mol. The van der Waals surface area contributed by atoms with Crippen LogP contribution in [0.3, 0.4) is 0 Å². The molecule has 0 radical (unpaired) electrons. The van der Waals surface area contributed by atoms with E-state index in [2.05, 4.69) is 11.9 Å². The van der Waals surface area contributed by atoms with Crippen LogP contribution in [-0.4, -0.2) is 10.1 Å². The standard InChI is InChI=1S/C13H15NO/c1-2-3-8-12-10-6-4-5-7-11(10)13(15)9-14-12/h4-7,9,15H,2-3,8H2,1H3. The lowest BCUT2D eigenvalue weighted by atomic mass is 10.1. The molecule has 2 nitrogen and oxygen atoms in total. The van der Waals surface area contributed by atoms with E-state index in [4.69, 9.17) is 0 Å². The molecule has 0 amide bonds. The smallest absolute Gasteiger partial charge is 0.141 e. The molecule has 0 atom stereocenters. The molecule has 1 aromatic carbocycles. The fraction of sp³-hybridized carbons (Fsp3) is 0.308. The molecule has 2 rings (SSSR count). The first-order chi connectivity index (χ1) is 7.33. The molecule has 2 heteroatoms. The van der Waals surface area contributed by atoms with Crippen molar-refractivity contribution in [3.05, 3.63) is 36.2 Å². The maximum atomic E-state index is 9.66. The molecule has 0 aliphatic rings. The number of rotatable bonds is 3. The average Bonchev–Trinajstić information content (AvgIpc) is 2.29. The van der Waals surface area contributed by atoms with Gasteiger partial charge in [-0.25, -0.2) is 0 Å². The monoisotopic (exact) mass is 201 g/mol. The summed E-state index contributed by atoms with van der Waals surface area (Å²) in [5.74, 6) is 0.269. The number of aryl methyl sites for hydroxylation is 1. The summed E-state index contributed by atoms with van der Waals surface area (Å²) >= 11 is 0. The number of benzene rings is 1. The van der Waals surface area contributed by atoms with Crippen molar-refractivity contribution >= 4 is 10.8 Å². The van der Waals surface area contributed by atoms with E-state index in [0.717, 1.165) is 35.7 Å². The second-order valence-corrected chi connectivity index (χ2v) is 3.74. The van der Waals surface area contributed by atoms with E-state index >= 15 is 0 Å². The molecule has 0 bridgehead atoms. The molecule has 0 fully saturated rings. The zero-order valence-electron chi connectivity index (χ0n) is 8.90. The van der Waals surface area contributed by atoms with Crippen molar-refractivity contribution in [2.75, 3.05) is 0 Å². The van der Waals surface area contributed by atoms with Gasteiger partial charge < -0.3 is 5.11 Å². The van der Waals surface area contributed by atoms with Gasteiger partial charge in [0, 0.05) is 16.5 Å². The number of pyridine rings is 1. The lowest BCUT2D eigenvalue weighted by molar-refractivity contribution is 0.478. The molecule has 0 unspecified atom stereocenters. The first kappa shape index (κ1) is 9.97. The fourth-order valence-corrected chi connectivity index (χ4v) is 1.78. The van der Waals surface area contributed by atoms with Crippen molar-refractivity contribution in [2.45, 2.75) is 26.2 Å². The first-order valence-electron chi connectivity index (χ1n) is 5.38. The van der Waals surface area contributed by atoms with E-state index in [1.165, 1.54) is 0 Å². The van der Waals surface area contributed by atoms with Crippen LogP contribution in [0.2, 0.25) is 0 Å². The predicted octanol–water partition coefficient (Wildman–Crippen LogP) is 3.28. The molecule has 2 aromatic rings. The minimum atomic E-state index is 0.269. The molecule has 0 saturated heterocycles. The molecule has 0 saturated carbocycles. The van der Waals surface area contributed by atoms with Gasteiger partial charge in [-0.3, -0.25) is 4.98 Å². The minimum Gasteiger partial charge on any atom is -0.506 e. The van der Waals surface area contributed by atoms with Gasteiger partial charge in [0.05, 0.1) is 6.20 Å². The third kappa shape index (κ3) is 1.94. The second-order valence-electron chi connectivity index (χ2n) is 3.74. The Morgan fingerprint density at radius 2 is 1.93 bits per heavy atom. The number of fused-ring (bicyclic) bond motifs is 1. The Bertz CT molecular complexity index is 465. The van der Waals surface area contributed by atoms with Gasteiger partial charge in [-0.2, -0.15) is 0 Å². The van der Waals surface area contributed by atoms with Gasteiger partial charge in [0.2, 0.25) is 0 Å². The fourth-order valence-electron chi connectivity index (χ4n) is 1.78. The van der Waals surface area contributed by atoms with Crippen LogP contribution in [0.4, 0.5) is 0 Å². The quantitative estimate of drug-likeness (QED) is 0.826. The van der Waals surface area contributed by atoms with Crippen LogP contribution in [0.5, 0.6) is 5.75 Å². The maximum Gasteiger partial charge on any atom is 0.141 e. The molecular weight excluding hydrogens is 186 g/mol. The first-order valence-corrected chi connectivity index (χ1v) is 5.38. The van der Waals surface area contributed by atoms with Crippen molar-refractivity contribution in [1.82, 2.24) is 4.98 Å². The zero-order valence-corrected chi connectivity index (χ0v) is 8.90. The largest absolute Gasteiger partial charge is 0.506 e. The molecule has 0 aliphatic heterocycles. The third-order valence-electron chi connectivity index (χ3n) is 2.62. The van der Waals surface area contributed by atoms with Crippen molar-refractivity contribution in [2.24, 2.45) is 0 Å². The highest BCUT2D eigenvalue weighted by atomic mass is 16.3. The SMILES string of the molecule is CCCCc1ncc(O)c2ccccc12. The van der Waals surface area contributed by atoms with E-state index in [1.807, 2.05) is 24.3 Å². The van der Waals surface area contributed by atoms with E-state index in [1.54, 1.807) is 6.20 Å². The Labute approximate surface area is 89.6 Å². The van der Waals surface area contributed by atoms with E-state index in [0.29, 0.717) is 0 Å². The minimum absolute atomic E-state index is 0.269. The van der Waals surface area contributed by atoms with Gasteiger partial charge in [-0.1, -0.05) is 37.6 Å². The van der Waals surface area contributed by atoms with Gasteiger partial charge in [-0.05, 0) is 12.8 Å². The number of hydrogen-bond donors (Lipinski definition) is 1. The van der Waals surface area contributed by atoms with Gasteiger partial charge >= 0.3 is 0 Å². The van der Waals surface area contributed by atoms with Crippen molar-refractivity contribution < 1.29 is 5.11 Å². The highest BCUT2D eigenvalue weighted by molar-refractivity contribution is 5.89. The average molecular weight is 201 g/mol. The topological polar surface area (TPSA) is 33.1 Å². The number of aromatic nitrogens is 1. The normalized spacial score (nSPS) is 10.7. The van der Waals surface area contributed by atoms with Crippen LogP contribution in [-0.2, 0) is 6.42 Å². The maximum absolute atomic E-state index is 9.66. The zero-order chi connectivity index (χ0) is 10.7. The molecular formula is C13H15NO. The second kappa shape index (κ2) is 4.30. The molecule has 1 heterocycles. The molecule has 15 heavy (non-hydrogen) atoms. The molecule has 1 aromatic heterocycles. The number of aromatic hydroxyl groups is 1. The Morgan fingerprint density at radius 1 is 1.20 bits per heavy atom. The molecule has 78 valence electrons. The highest BCUT2D eigenvalue weighted by Gasteiger charge is 2.05. The molecule has 0 aliphatic carbocycles. The third-order valence-corrected chi connectivity index (χ3v) is 2.62. The number of unbranched alkanes of at least 4 members (excludes halogenated alkanes) is 1. The van der Waals surface area contributed by atoms with Gasteiger partial charge in [0.1, 0.15) is 5.75 Å². The lowest BCUT2D eigenvalue weighted by Crippen LogP contribution is -1.91. The summed E-state index contributed by atoms with van der Waals surface area (Å²) in [6.45, 7) is 2.17. The number of nitrogens with zero attached hydrogens (tertiary/aromatic N) is 1. The van der Waals surface area contributed by atoms with E-state index < -0.39 is 0 Å². The van der Waals surface area contributed by atoms with E-state index in [-0.39, 0.29) is 5.75 Å². The Balaban J connectivity index is 2.51. The molecule has 1 N–H and O–H groups in total. The van der Waals surface area contributed by atoms with Crippen molar-refractivity contribution in [3.8, 4) is 5.75 Å². The summed E-state index contributed by atoms with van der Waals surface area (Å²) in [5.41, 5.74) is 1.09. The van der Waals surface area contributed by atoms with Gasteiger partial charge in [-0.15, -0.1) is 0 Å². The Hall–Kier alpha value is -1.57. The van der Waals surface area contributed by atoms with Crippen LogP contribution in [0.25, 0.3) is 10.8 Å². The van der Waals surface area contributed by atoms with Crippen LogP contribution in [0.1, 0.15) is 25.5 Å². The summed E-state index contributed by atoms with van der Waals surface area (Å²) in [7, 11) is 0. The summed E-state index contributed by atoms with van der Waals surface area (Å²) in [5, 5.41) is 11.6. The van der Waals surface area contributed by atoms with Gasteiger partial charge in [0.25, 0.3) is 0 Å². The Morgan fingerprint density at radius 3 is 2.67 bits per heavy atom. The van der Waals surface area contributed by atoms with Gasteiger partial charge in [0.15, 0.2) is 0 Å². The van der Waals surface area contributed by atoms with Crippen LogP contribution in [0.15, 0.2) is 30.5 Å². The van der Waals surface area contributed by atoms with Crippen LogP contribution in [0, 0.1) is 0 Å². The van der Waals surface area contributed by atoms with Crippen LogP contribution >= 0.6 is 0 Å². The number of hydrogen-bond acceptors (Lipinski definition) is 2.